The average Bonchev–Trinajstić information content (AvgIpc) is 2.45. The van der Waals surface area contributed by atoms with E-state index in [0.717, 1.165) is 17.5 Å². The molecule has 1 aromatic carbocycles. The molecule has 0 unspecified atom stereocenters. The minimum atomic E-state index is -3.30. The van der Waals surface area contributed by atoms with Crippen LogP contribution in [-0.2, 0) is 27.7 Å². The van der Waals surface area contributed by atoms with Gasteiger partial charge < -0.3 is 9.64 Å². The first kappa shape index (κ1) is 15.6. The van der Waals surface area contributed by atoms with E-state index in [-0.39, 0.29) is 11.8 Å². The van der Waals surface area contributed by atoms with Crippen molar-refractivity contribution in [2.75, 3.05) is 24.1 Å². The monoisotopic (exact) mass is 312 g/mol. The average molecular weight is 312 g/mol. The van der Waals surface area contributed by atoms with Gasteiger partial charge in [0.25, 0.3) is 0 Å². The lowest BCUT2D eigenvalue weighted by Crippen LogP contribution is -2.35. The van der Waals surface area contributed by atoms with Crippen LogP contribution in [0, 0.1) is 0 Å². The van der Waals surface area contributed by atoms with Crippen LogP contribution in [0.3, 0.4) is 0 Å². The maximum atomic E-state index is 11.8. The molecule has 0 saturated heterocycles. The maximum absolute atomic E-state index is 11.8. The number of methoxy groups -OCH3 is 1. The zero-order valence-electron chi connectivity index (χ0n) is 12.3. The van der Waals surface area contributed by atoms with E-state index in [1.165, 1.54) is 7.11 Å². The number of fused-ring (bicyclic) bond motifs is 1. The molecule has 0 aromatic heterocycles. The van der Waals surface area contributed by atoms with E-state index in [4.69, 9.17) is 4.74 Å². The Morgan fingerprint density at radius 3 is 2.81 bits per heavy atom. The molecular weight excluding hydrogens is 292 g/mol. The fourth-order valence-corrected chi connectivity index (χ4v) is 3.53. The second-order valence-corrected chi connectivity index (χ2v) is 6.89. The summed E-state index contributed by atoms with van der Waals surface area (Å²) in [5.41, 5.74) is 2.62. The van der Waals surface area contributed by atoms with Gasteiger partial charge >= 0.3 is 6.09 Å². The topological polar surface area (TPSA) is 75.7 Å². The first-order chi connectivity index (χ1) is 9.95. The third-order valence-corrected chi connectivity index (χ3v) is 4.89. The molecule has 1 aromatic rings. The van der Waals surface area contributed by atoms with Crippen LogP contribution in [0.1, 0.15) is 24.5 Å². The van der Waals surface area contributed by atoms with Crippen molar-refractivity contribution in [1.82, 2.24) is 4.90 Å². The second kappa shape index (κ2) is 6.34. The third-order valence-electron chi connectivity index (χ3n) is 3.40. The van der Waals surface area contributed by atoms with Crippen molar-refractivity contribution in [3.8, 4) is 0 Å². The quantitative estimate of drug-likeness (QED) is 0.922. The number of sulfonamides is 1. The number of ether oxygens (including phenoxy) is 1. The molecule has 1 aliphatic heterocycles. The fourth-order valence-electron chi connectivity index (χ4n) is 2.40. The van der Waals surface area contributed by atoms with Crippen molar-refractivity contribution in [2.45, 2.75) is 26.3 Å². The molecule has 0 spiro atoms. The highest BCUT2D eigenvalue weighted by Crippen LogP contribution is 2.23. The molecule has 1 aliphatic rings. The summed E-state index contributed by atoms with van der Waals surface area (Å²) in [4.78, 5) is 13.2. The molecule has 0 atom stereocenters. The van der Waals surface area contributed by atoms with Crippen LogP contribution in [0.4, 0.5) is 10.5 Å². The first-order valence-electron chi connectivity index (χ1n) is 6.90. The molecule has 0 aliphatic carbocycles. The minimum absolute atomic E-state index is 0.0956. The van der Waals surface area contributed by atoms with Crippen LogP contribution in [0.5, 0.6) is 0 Å². The summed E-state index contributed by atoms with van der Waals surface area (Å²) in [5, 5.41) is 0. The standard InChI is InChI=1S/C14H20N2O4S/c1-3-8-21(18,19)15-13-5-4-11-6-7-16(14(17)20-2)10-12(11)9-13/h4-5,9,15H,3,6-8,10H2,1-2H3. The Bertz CT molecular complexity index is 628. The largest absolute Gasteiger partial charge is 0.453 e. The molecule has 116 valence electrons. The molecule has 1 N–H and O–H groups in total. The fraction of sp³-hybridized carbons (Fsp3) is 0.500. The molecule has 6 nitrogen and oxygen atoms in total. The molecule has 7 heteroatoms. The van der Waals surface area contributed by atoms with Crippen molar-refractivity contribution in [3.05, 3.63) is 29.3 Å². The van der Waals surface area contributed by atoms with Gasteiger partial charge in [-0.2, -0.15) is 0 Å². The summed E-state index contributed by atoms with van der Waals surface area (Å²) in [5.74, 6) is 0.0956. The van der Waals surface area contributed by atoms with Gasteiger partial charge in [-0.05, 0) is 36.1 Å². The minimum Gasteiger partial charge on any atom is -0.453 e. The summed E-state index contributed by atoms with van der Waals surface area (Å²) in [7, 11) is -1.95. The number of anilines is 1. The third kappa shape index (κ3) is 3.87. The first-order valence-corrected chi connectivity index (χ1v) is 8.55. The number of carbonyl (C=O) groups excluding carboxylic acids is 1. The number of hydrogen-bond acceptors (Lipinski definition) is 4. The normalized spacial score (nSPS) is 14.5. The van der Waals surface area contributed by atoms with Crippen molar-refractivity contribution >= 4 is 21.8 Å². The molecule has 1 amide bonds. The van der Waals surface area contributed by atoms with E-state index >= 15 is 0 Å². The van der Waals surface area contributed by atoms with Crippen molar-refractivity contribution in [3.63, 3.8) is 0 Å². The van der Waals surface area contributed by atoms with Gasteiger partial charge in [0.15, 0.2) is 0 Å². The van der Waals surface area contributed by atoms with Crippen LogP contribution < -0.4 is 4.72 Å². The zero-order valence-corrected chi connectivity index (χ0v) is 13.1. The molecule has 0 saturated carbocycles. The van der Waals surface area contributed by atoms with Gasteiger partial charge in [0.2, 0.25) is 10.0 Å². The Balaban J connectivity index is 2.17. The second-order valence-electron chi connectivity index (χ2n) is 5.05. The molecule has 2 rings (SSSR count). The molecule has 1 heterocycles. The maximum Gasteiger partial charge on any atom is 0.409 e. The van der Waals surface area contributed by atoms with Crippen molar-refractivity contribution in [1.29, 1.82) is 0 Å². The van der Waals surface area contributed by atoms with Gasteiger partial charge in [0.1, 0.15) is 0 Å². The predicted octanol–water partition coefficient (Wildman–Crippen LogP) is 1.96. The Hall–Kier alpha value is -1.76. The number of amides is 1. The van der Waals surface area contributed by atoms with Gasteiger partial charge in [0, 0.05) is 18.8 Å². The highest BCUT2D eigenvalue weighted by molar-refractivity contribution is 7.92. The van der Waals surface area contributed by atoms with Gasteiger partial charge in [0.05, 0.1) is 12.9 Å². The lowest BCUT2D eigenvalue weighted by atomic mass is 9.99. The van der Waals surface area contributed by atoms with Gasteiger partial charge in [-0.3, -0.25) is 4.72 Å². The molecule has 0 radical (unpaired) electrons. The molecule has 21 heavy (non-hydrogen) atoms. The van der Waals surface area contributed by atoms with E-state index < -0.39 is 10.0 Å². The number of carbonyl (C=O) groups is 1. The number of nitrogens with zero attached hydrogens (tertiary/aromatic N) is 1. The Labute approximate surface area is 125 Å². The Morgan fingerprint density at radius 1 is 1.38 bits per heavy atom. The van der Waals surface area contributed by atoms with Gasteiger partial charge in [-0.1, -0.05) is 13.0 Å². The SMILES string of the molecule is CCCS(=O)(=O)Nc1ccc2c(c1)CN(C(=O)OC)CC2. The van der Waals surface area contributed by atoms with E-state index in [0.29, 0.717) is 25.2 Å². The summed E-state index contributed by atoms with van der Waals surface area (Å²) < 4.78 is 30.9. The van der Waals surface area contributed by atoms with E-state index in [9.17, 15) is 13.2 Å². The van der Waals surface area contributed by atoms with Crippen molar-refractivity contribution < 1.29 is 17.9 Å². The van der Waals surface area contributed by atoms with Crippen LogP contribution in [0.2, 0.25) is 0 Å². The number of nitrogens with one attached hydrogen (secondary N) is 1. The predicted molar refractivity (Wildman–Crippen MR) is 80.7 cm³/mol. The highest BCUT2D eigenvalue weighted by Gasteiger charge is 2.21. The highest BCUT2D eigenvalue weighted by atomic mass is 32.2. The Morgan fingerprint density at radius 2 is 2.14 bits per heavy atom. The van der Waals surface area contributed by atoms with Crippen LogP contribution in [0.15, 0.2) is 18.2 Å². The van der Waals surface area contributed by atoms with Gasteiger partial charge in [-0.25, -0.2) is 13.2 Å². The molecular formula is C14H20N2O4S. The van der Waals surface area contributed by atoms with Crippen LogP contribution in [-0.4, -0.2) is 38.8 Å². The van der Waals surface area contributed by atoms with E-state index in [2.05, 4.69) is 4.72 Å². The van der Waals surface area contributed by atoms with Crippen molar-refractivity contribution in [2.24, 2.45) is 0 Å². The summed E-state index contributed by atoms with van der Waals surface area (Å²) in [6, 6.07) is 5.46. The summed E-state index contributed by atoms with van der Waals surface area (Å²) in [6.45, 7) is 2.87. The van der Waals surface area contributed by atoms with E-state index in [1.54, 1.807) is 17.0 Å². The lowest BCUT2D eigenvalue weighted by molar-refractivity contribution is 0.118. The molecule has 0 bridgehead atoms. The summed E-state index contributed by atoms with van der Waals surface area (Å²) in [6.07, 6.45) is 0.945. The van der Waals surface area contributed by atoms with Crippen LogP contribution in [0.25, 0.3) is 0 Å². The smallest absolute Gasteiger partial charge is 0.409 e. The zero-order chi connectivity index (χ0) is 15.5. The number of rotatable bonds is 4. The van der Waals surface area contributed by atoms with Crippen LogP contribution >= 0.6 is 0 Å². The molecule has 0 fully saturated rings. The summed E-state index contributed by atoms with van der Waals surface area (Å²) >= 11 is 0. The Kier molecular flexibility index (Phi) is 4.72. The van der Waals surface area contributed by atoms with E-state index in [1.807, 2.05) is 13.0 Å². The lowest BCUT2D eigenvalue weighted by Gasteiger charge is -2.28. The number of hydrogen-bond donors (Lipinski definition) is 1. The number of benzene rings is 1. The van der Waals surface area contributed by atoms with Gasteiger partial charge in [-0.15, -0.1) is 0 Å².